The van der Waals surface area contributed by atoms with Crippen molar-refractivity contribution in [3.63, 3.8) is 0 Å². The molecule has 0 aliphatic rings. The van der Waals surface area contributed by atoms with Gasteiger partial charge in [-0.3, -0.25) is 9.59 Å². The van der Waals surface area contributed by atoms with Gasteiger partial charge in [0.25, 0.3) is 11.8 Å². The molecule has 0 aliphatic heterocycles. The highest BCUT2D eigenvalue weighted by Gasteiger charge is 2.12. The molecule has 4 rings (SSSR count). The number of amides is 2. The van der Waals surface area contributed by atoms with E-state index in [0.717, 1.165) is 11.3 Å². The van der Waals surface area contributed by atoms with E-state index in [1.54, 1.807) is 30.7 Å². The maximum absolute atomic E-state index is 13.8. The highest BCUT2D eigenvalue weighted by Crippen LogP contribution is 2.18. The lowest BCUT2D eigenvalue weighted by molar-refractivity contribution is 0.101. The number of aromatic nitrogens is 2. The number of hydrogen-bond acceptors (Lipinski definition) is 3. The van der Waals surface area contributed by atoms with E-state index < -0.39 is 11.7 Å². The lowest BCUT2D eigenvalue weighted by Crippen LogP contribution is -2.13. The standard InChI is InChI=1S/C27H25FN4O2/c1-18(2)20-9-13-22(14-10-20)31-27(34)25-16-32(17-29-25)15-19-7-11-21(12-8-19)30-26(33)23-5-3-4-6-24(23)28/h3-14,16-18H,15H2,1-2H3,(H,30,33)(H,31,34). The highest BCUT2D eigenvalue weighted by atomic mass is 19.1. The zero-order chi connectivity index (χ0) is 24.1. The van der Waals surface area contributed by atoms with Gasteiger partial charge >= 0.3 is 0 Å². The smallest absolute Gasteiger partial charge is 0.275 e. The molecule has 1 heterocycles. The number of nitrogens with zero attached hydrogens (tertiary/aromatic N) is 2. The van der Waals surface area contributed by atoms with Gasteiger partial charge in [0.15, 0.2) is 0 Å². The molecule has 6 nitrogen and oxygen atoms in total. The summed E-state index contributed by atoms with van der Waals surface area (Å²) in [5.41, 5.74) is 3.76. The first-order valence-corrected chi connectivity index (χ1v) is 11.0. The van der Waals surface area contributed by atoms with E-state index in [0.29, 0.717) is 23.8 Å². The van der Waals surface area contributed by atoms with Gasteiger partial charge in [0.1, 0.15) is 11.5 Å². The molecule has 0 saturated heterocycles. The second-order valence-corrected chi connectivity index (χ2v) is 8.29. The van der Waals surface area contributed by atoms with Crippen LogP contribution in [0.25, 0.3) is 0 Å². The van der Waals surface area contributed by atoms with Crippen molar-refractivity contribution >= 4 is 23.2 Å². The monoisotopic (exact) mass is 456 g/mol. The molecule has 4 aromatic rings. The van der Waals surface area contributed by atoms with Crippen LogP contribution in [0.3, 0.4) is 0 Å². The minimum absolute atomic E-state index is 0.00772. The molecule has 0 radical (unpaired) electrons. The Morgan fingerprint density at radius 1 is 0.882 bits per heavy atom. The lowest BCUT2D eigenvalue weighted by Gasteiger charge is -2.08. The van der Waals surface area contributed by atoms with Gasteiger partial charge in [-0.05, 0) is 53.4 Å². The number of rotatable bonds is 7. The fraction of sp³-hybridized carbons (Fsp3) is 0.148. The van der Waals surface area contributed by atoms with Crippen molar-refractivity contribution < 1.29 is 14.0 Å². The topological polar surface area (TPSA) is 76.0 Å². The third kappa shape index (κ3) is 5.56. The Morgan fingerprint density at radius 2 is 1.50 bits per heavy atom. The van der Waals surface area contributed by atoms with Crippen molar-refractivity contribution in [2.45, 2.75) is 26.3 Å². The quantitative estimate of drug-likeness (QED) is 0.375. The van der Waals surface area contributed by atoms with Crippen LogP contribution in [0.5, 0.6) is 0 Å². The molecule has 0 saturated carbocycles. The first kappa shape index (κ1) is 22.9. The zero-order valence-electron chi connectivity index (χ0n) is 19.0. The molecule has 0 aliphatic carbocycles. The maximum atomic E-state index is 13.8. The fourth-order valence-corrected chi connectivity index (χ4v) is 3.46. The summed E-state index contributed by atoms with van der Waals surface area (Å²) < 4.78 is 15.6. The number of halogens is 1. The second-order valence-electron chi connectivity index (χ2n) is 8.29. The van der Waals surface area contributed by atoms with Crippen molar-refractivity contribution in [3.8, 4) is 0 Å². The summed E-state index contributed by atoms with van der Waals surface area (Å²) >= 11 is 0. The number of nitrogens with one attached hydrogen (secondary N) is 2. The van der Waals surface area contributed by atoms with E-state index in [9.17, 15) is 14.0 Å². The molecule has 34 heavy (non-hydrogen) atoms. The Labute approximate surface area is 197 Å². The van der Waals surface area contributed by atoms with Gasteiger partial charge in [-0.2, -0.15) is 0 Å². The molecule has 2 amide bonds. The van der Waals surface area contributed by atoms with Gasteiger partial charge in [0.2, 0.25) is 0 Å². The lowest BCUT2D eigenvalue weighted by atomic mass is 10.0. The average Bonchev–Trinajstić information content (AvgIpc) is 3.29. The van der Waals surface area contributed by atoms with Crippen molar-refractivity contribution in [2.24, 2.45) is 0 Å². The molecule has 0 bridgehead atoms. The van der Waals surface area contributed by atoms with Gasteiger partial charge in [-0.15, -0.1) is 0 Å². The van der Waals surface area contributed by atoms with Crippen molar-refractivity contribution in [1.29, 1.82) is 0 Å². The van der Waals surface area contributed by atoms with E-state index in [2.05, 4.69) is 29.5 Å². The minimum atomic E-state index is -0.566. The van der Waals surface area contributed by atoms with E-state index in [1.807, 2.05) is 41.0 Å². The van der Waals surface area contributed by atoms with E-state index >= 15 is 0 Å². The zero-order valence-corrected chi connectivity index (χ0v) is 19.0. The Bertz CT molecular complexity index is 1290. The molecular weight excluding hydrogens is 431 g/mol. The van der Waals surface area contributed by atoms with Crippen LogP contribution in [0.15, 0.2) is 85.3 Å². The SMILES string of the molecule is CC(C)c1ccc(NC(=O)c2cn(Cc3ccc(NC(=O)c4ccccc4F)cc3)cn2)cc1. The molecule has 0 fully saturated rings. The first-order valence-electron chi connectivity index (χ1n) is 11.0. The normalized spacial score (nSPS) is 10.8. The summed E-state index contributed by atoms with van der Waals surface area (Å²) in [5.74, 6) is -0.918. The Hall–Kier alpha value is -4.26. The van der Waals surface area contributed by atoms with Gasteiger partial charge in [-0.1, -0.05) is 50.2 Å². The number of hydrogen-bond donors (Lipinski definition) is 2. The Morgan fingerprint density at radius 3 is 2.15 bits per heavy atom. The predicted octanol–water partition coefficient (Wildman–Crippen LogP) is 5.70. The second kappa shape index (κ2) is 10.1. The molecule has 3 aromatic carbocycles. The number of benzene rings is 3. The molecule has 0 spiro atoms. The van der Waals surface area contributed by atoms with E-state index in [1.165, 1.54) is 23.8 Å². The summed E-state index contributed by atoms with van der Waals surface area (Å²) in [7, 11) is 0. The molecule has 172 valence electrons. The van der Waals surface area contributed by atoms with Gasteiger partial charge < -0.3 is 15.2 Å². The number of carbonyl (C=O) groups excluding carboxylic acids is 2. The fourth-order valence-electron chi connectivity index (χ4n) is 3.46. The molecule has 0 unspecified atom stereocenters. The van der Waals surface area contributed by atoms with Crippen LogP contribution in [-0.4, -0.2) is 21.4 Å². The first-order chi connectivity index (χ1) is 16.4. The maximum Gasteiger partial charge on any atom is 0.275 e. The molecular formula is C27H25FN4O2. The highest BCUT2D eigenvalue weighted by molar-refractivity contribution is 6.04. The van der Waals surface area contributed by atoms with Gasteiger partial charge in [0.05, 0.1) is 11.9 Å². The van der Waals surface area contributed by atoms with Crippen molar-refractivity contribution in [1.82, 2.24) is 9.55 Å². The summed E-state index contributed by atoms with van der Waals surface area (Å²) in [6, 6.07) is 20.8. The van der Waals surface area contributed by atoms with Crippen LogP contribution in [0.1, 0.15) is 51.7 Å². The largest absolute Gasteiger partial charge is 0.332 e. The number of imidazole rings is 1. The molecule has 2 N–H and O–H groups in total. The van der Waals surface area contributed by atoms with Crippen molar-refractivity contribution in [3.05, 3.63) is 114 Å². The summed E-state index contributed by atoms with van der Waals surface area (Å²) in [4.78, 5) is 29.0. The summed E-state index contributed by atoms with van der Waals surface area (Å²) in [6.45, 7) is 4.75. The van der Waals surface area contributed by atoms with Crippen molar-refractivity contribution in [2.75, 3.05) is 10.6 Å². The van der Waals surface area contributed by atoms with Gasteiger partial charge in [0, 0.05) is 24.1 Å². The van der Waals surface area contributed by atoms with Crippen LogP contribution < -0.4 is 10.6 Å². The summed E-state index contributed by atoms with van der Waals surface area (Å²) in [5, 5.41) is 5.55. The van der Waals surface area contributed by atoms with Gasteiger partial charge in [-0.25, -0.2) is 9.37 Å². The van der Waals surface area contributed by atoms with Crippen LogP contribution in [0, 0.1) is 5.82 Å². The molecule has 7 heteroatoms. The average molecular weight is 457 g/mol. The summed E-state index contributed by atoms with van der Waals surface area (Å²) in [6.07, 6.45) is 3.29. The third-order valence-electron chi connectivity index (χ3n) is 5.40. The number of carbonyl (C=O) groups is 2. The van der Waals surface area contributed by atoms with Crippen LogP contribution in [0.4, 0.5) is 15.8 Å². The Kier molecular flexibility index (Phi) is 6.82. The molecule has 0 atom stereocenters. The van der Waals surface area contributed by atoms with Crippen LogP contribution in [-0.2, 0) is 6.54 Å². The van der Waals surface area contributed by atoms with Crippen LogP contribution >= 0.6 is 0 Å². The van der Waals surface area contributed by atoms with E-state index in [-0.39, 0.29) is 11.5 Å². The molecule has 1 aromatic heterocycles. The predicted molar refractivity (Wildman–Crippen MR) is 131 cm³/mol. The minimum Gasteiger partial charge on any atom is -0.332 e. The third-order valence-corrected chi connectivity index (χ3v) is 5.40. The Balaban J connectivity index is 1.35. The van der Waals surface area contributed by atoms with Crippen LogP contribution in [0.2, 0.25) is 0 Å². The number of anilines is 2. The van der Waals surface area contributed by atoms with E-state index in [4.69, 9.17) is 0 Å².